The van der Waals surface area contributed by atoms with Gasteiger partial charge in [-0.05, 0) is 23.8 Å². The Bertz CT molecular complexity index is 752. The van der Waals surface area contributed by atoms with E-state index in [4.69, 9.17) is 0 Å². The molecule has 0 aliphatic carbocycles. The first-order chi connectivity index (χ1) is 10.9. The van der Waals surface area contributed by atoms with E-state index in [1.165, 1.54) is 0 Å². The fraction of sp³-hybridized carbons (Fsp3) is 0.125. The third-order valence-electron chi connectivity index (χ3n) is 3.16. The lowest BCUT2D eigenvalue weighted by atomic mass is 10.1. The number of carboxylic acids is 1. The minimum absolute atomic E-state index is 0.0192. The van der Waals surface area contributed by atoms with Gasteiger partial charge in [0.05, 0.1) is 5.56 Å². The average molecular weight is 384 g/mol. The lowest BCUT2D eigenvalue weighted by Gasteiger charge is -2.15. The van der Waals surface area contributed by atoms with E-state index in [1.807, 2.05) is 0 Å². The first-order valence-corrected chi connectivity index (χ1v) is 7.40. The summed E-state index contributed by atoms with van der Waals surface area (Å²) in [5.41, 5.74) is 0.268. The molecule has 0 bridgehead atoms. The van der Waals surface area contributed by atoms with E-state index < -0.39 is 35.1 Å². The number of nitrogens with one attached hydrogen (secondary N) is 1. The Balaban J connectivity index is 2.18. The molecule has 0 fully saturated rings. The molecule has 0 aliphatic rings. The normalized spacial score (nSPS) is 11.8. The number of carboxylic acid groups (broad SMARTS) is 1. The van der Waals surface area contributed by atoms with Crippen molar-refractivity contribution in [2.75, 3.05) is 0 Å². The van der Waals surface area contributed by atoms with Gasteiger partial charge in [-0.1, -0.05) is 34.1 Å². The monoisotopic (exact) mass is 383 g/mol. The molecule has 120 valence electrons. The molecule has 0 saturated carbocycles. The molecule has 2 N–H and O–H groups in total. The maximum absolute atomic E-state index is 13.6. The molecule has 0 aromatic heterocycles. The zero-order chi connectivity index (χ0) is 17.0. The first kappa shape index (κ1) is 17.1. The number of carbonyl (C=O) groups is 2. The van der Waals surface area contributed by atoms with Gasteiger partial charge in [0.1, 0.15) is 17.7 Å². The Kier molecular flexibility index (Phi) is 5.44. The van der Waals surface area contributed by atoms with Crippen molar-refractivity contribution in [1.82, 2.24) is 5.32 Å². The predicted octanol–water partition coefficient (Wildman–Crippen LogP) is 3.15. The van der Waals surface area contributed by atoms with Crippen LogP contribution in [0.25, 0.3) is 0 Å². The second-order valence-electron chi connectivity index (χ2n) is 4.78. The minimum Gasteiger partial charge on any atom is -0.480 e. The van der Waals surface area contributed by atoms with Crippen molar-refractivity contribution in [2.45, 2.75) is 12.5 Å². The van der Waals surface area contributed by atoms with Crippen LogP contribution in [0.4, 0.5) is 8.78 Å². The SMILES string of the molecule is O=C(N[C@H](Cc1ccccc1Br)C(=O)O)c1ccc(F)cc1F. The van der Waals surface area contributed by atoms with Gasteiger partial charge in [0.15, 0.2) is 0 Å². The van der Waals surface area contributed by atoms with E-state index in [0.717, 1.165) is 12.1 Å². The topological polar surface area (TPSA) is 66.4 Å². The number of aliphatic carboxylic acids is 1. The van der Waals surface area contributed by atoms with E-state index >= 15 is 0 Å². The van der Waals surface area contributed by atoms with E-state index in [1.54, 1.807) is 24.3 Å². The lowest BCUT2D eigenvalue weighted by molar-refractivity contribution is -0.139. The van der Waals surface area contributed by atoms with Crippen LogP contribution >= 0.6 is 15.9 Å². The molecule has 23 heavy (non-hydrogen) atoms. The van der Waals surface area contributed by atoms with Gasteiger partial charge >= 0.3 is 5.97 Å². The van der Waals surface area contributed by atoms with Crippen LogP contribution in [0, 0.1) is 11.6 Å². The summed E-state index contributed by atoms with van der Waals surface area (Å²) in [6, 6.07) is 8.19. The van der Waals surface area contributed by atoms with E-state index in [2.05, 4.69) is 21.2 Å². The van der Waals surface area contributed by atoms with Gasteiger partial charge in [-0.3, -0.25) is 4.79 Å². The smallest absolute Gasteiger partial charge is 0.326 e. The number of amides is 1. The summed E-state index contributed by atoms with van der Waals surface area (Å²) in [4.78, 5) is 23.4. The minimum atomic E-state index is -1.25. The van der Waals surface area contributed by atoms with Crippen molar-refractivity contribution < 1.29 is 23.5 Å². The molecule has 2 aromatic carbocycles. The van der Waals surface area contributed by atoms with Gasteiger partial charge in [-0.2, -0.15) is 0 Å². The van der Waals surface area contributed by atoms with Gasteiger partial charge in [0.2, 0.25) is 0 Å². The average Bonchev–Trinajstić information content (AvgIpc) is 2.48. The highest BCUT2D eigenvalue weighted by Crippen LogP contribution is 2.18. The lowest BCUT2D eigenvalue weighted by Crippen LogP contribution is -2.42. The number of carbonyl (C=O) groups excluding carboxylic acids is 1. The largest absolute Gasteiger partial charge is 0.480 e. The highest BCUT2D eigenvalue weighted by Gasteiger charge is 2.23. The fourth-order valence-corrected chi connectivity index (χ4v) is 2.44. The Labute approximate surface area is 139 Å². The molecule has 0 spiro atoms. The zero-order valence-corrected chi connectivity index (χ0v) is 13.3. The Morgan fingerprint density at radius 3 is 2.48 bits per heavy atom. The Hall–Kier alpha value is -2.28. The summed E-state index contributed by atoms with van der Waals surface area (Å²) >= 11 is 3.30. The van der Waals surface area contributed by atoms with Crippen molar-refractivity contribution in [1.29, 1.82) is 0 Å². The molecule has 1 atom stereocenters. The molecular formula is C16H12BrF2NO3. The van der Waals surface area contributed by atoms with Crippen LogP contribution in [-0.4, -0.2) is 23.0 Å². The van der Waals surface area contributed by atoms with Crippen molar-refractivity contribution in [2.24, 2.45) is 0 Å². The maximum atomic E-state index is 13.6. The standard InChI is InChI=1S/C16H12BrF2NO3/c17-12-4-2-1-3-9(12)7-14(16(22)23)20-15(21)11-6-5-10(18)8-13(11)19/h1-6,8,14H,7H2,(H,20,21)(H,22,23)/t14-/m1/s1. The summed E-state index contributed by atoms with van der Waals surface area (Å²) in [5, 5.41) is 11.5. The molecular weight excluding hydrogens is 372 g/mol. The molecule has 0 saturated heterocycles. The molecule has 2 aromatic rings. The van der Waals surface area contributed by atoms with Crippen LogP contribution in [0.2, 0.25) is 0 Å². The summed E-state index contributed by atoms with van der Waals surface area (Å²) in [7, 11) is 0. The quantitative estimate of drug-likeness (QED) is 0.833. The first-order valence-electron chi connectivity index (χ1n) is 6.60. The third-order valence-corrected chi connectivity index (χ3v) is 3.93. The zero-order valence-electron chi connectivity index (χ0n) is 11.7. The molecule has 7 heteroatoms. The highest BCUT2D eigenvalue weighted by molar-refractivity contribution is 9.10. The maximum Gasteiger partial charge on any atom is 0.326 e. The van der Waals surface area contributed by atoms with Crippen molar-refractivity contribution in [3.8, 4) is 0 Å². The Morgan fingerprint density at radius 1 is 1.17 bits per heavy atom. The number of rotatable bonds is 5. The van der Waals surface area contributed by atoms with Gasteiger partial charge in [0.25, 0.3) is 5.91 Å². The summed E-state index contributed by atoms with van der Waals surface area (Å²) < 4.78 is 27.2. The fourth-order valence-electron chi connectivity index (χ4n) is 1.99. The molecule has 0 unspecified atom stereocenters. The molecule has 2 rings (SSSR count). The molecule has 0 heterocycles. The number of hydrogen-bond acceptors (Lipinski definition) is 2. The number of benzene rings is 2. The van der Waals surface area contributed by atoms with Crippen LogP contribution in [-0.2, 0) is 11.2 Å². The van der Waals surface area contributed by atoms with Gasteiger partial charge < -0.3 is 10.4 Å². The van der Waals surface area contributed by atoms with E-state index in [-0.39, 0.29) is 6.42 Å². The molecule has 0 aliphatic heterocycles. The number of hydrogen-bond donors (Lipinski definition) is 2. The van der Waals surface area contributed by atoms with Crippen molar-refractivity contribution >= 4 is 27.8 Å². The second kappa shape index (κ2) is 7.32. The summed E-state index contributed by atoms with van der Waals surface area (Å²) in [5.74, 6) is -4.03. The summed E-state index contributed by atoms with van der Waals surface area (Å²) in [6.07, 6.45) is 0.0192. The van der Waals surface area contributed by atoms with Crippen LogP contribution in [0.5, 0.6) is 0 Å². The summed E-state index contributed by atoms with van der Waals surface area (Å²) in [6.45, 7) is 0. The van der Waals surface area contributed by atoms with Crippen LogP contribution in [0.1, 0.15) is 15.9 Å². The molecule has 0 radical (unpaired) electrons. The van der Waals surface area contributed by atoms with E-state index in [0.29, 0.717) is 16.1 Å². The van der Waals surface area contributed by atoms with Crippen molar-refractivity contribution in [3.05, 3.63) is 69.7 Å². The van der Waals surface area contributed by atoms with Crippen molar-refractivity contribution in [3.63, 3.8) is 0 Å². The number of halogens is 3. The molecule has 1 amide bonds. The van der Waals surface area contributed by atoms with Crippen LogP contribution < -0.4 is 5.32 Å². The molecule has 4 nitrogen and oxygen atoms in total. The van der Waals surface area contributed by atoms with Gasteiger partial charge in [-0.15, -0.1) is 0 Å². The Morgan fingerprint density at radius 2 is 1.87 bits per heavy atom. The third kappa shape index (κ3) is 4.35. The van der Waals surface area contributed by atoms with E-state index in [9.17, 15) is 23.5 Å². The second-order valence-corrected chi connectivity index (χ2v) is 5.64. The van der Waals surface area contributed by atoms with Crippen LogP contribution in [0.15, 0.2) is 46.9 Å². The predicted molar refractivity (Wildman–Crippen MR) is 83.1 cm³/mol. The van der Waals surface area contributed by atoms with Gasteiger partial charge in [0, 0.05) is 17.0 Å². The van der Waals surface area contributed by atoms with Gasteiger partial charge in [-0.25, -0.2) is 13.6 Å². The van der Waals surface area contributed by atoms with Crippen LogP contribution in [0.3, 0.4) is 0 Å². The highest BCUT2D eigenvalue weighted by atomic mass is 79.9.